The van der Waals surface area contributed by atoms with Crippen LogP contribution in [-0.2, 0) is 4.79 Å². The normalized spacial score (nSPS) is 21.1. The summed E-state index contributed by atoms with van der Waals surface area (Å²) in [5.41, 5.74) is 6.32. The minimum absolute atomic E-state index is 0.0227. The van der Waals surface area contributed by atoms with Crippen LogP contribution in [-0.4, -0.2) is 30.1 Å². The molecule has 4 rings (SSSR count). The highest BCUT2D eigenvalue weighted by Gasteiger charge is 2.42. The van der Waals surface area contributed by atoms with Crippen molar-refractivity contribution in [3.8, 4) is 0 Å². The Balaban J connectivity index is 1.88. The molecule has 2 aliphatic rings. The van der Waals surface area contributed by atoms with Crippen molar-refractivity contribution in [2.75, 3.05) is 24.3 Å². The molecule has 1 aliphatic heterocycles. The molecule has 1 aliphatic carbocycles. The van der Waals surface area contributed by atoms with E-state index in [-0.39, 0.29) is 17.1 Å². The topological polar surface area (TPSA) is 61.0 Å². The zero-order valence-electron chi connectivity index (χ0n) is 16.1. The first-order valence-corrected chi connectivity index (χ1v) is 9.12. The number of H-pyrrole nitrogens is 1. The Labute approximate surface area is 154 Å². The zero-order chi connectivity index (χ0) is 18.6. The predicted molar refractivity (Wildman–Crippen MR) is 105 cm³/mol. The van der Waals surface area contributed by atoms with Crippen LogP contribution < -0.4 is 10.2 Å². The second kappa shape index (κ2) is 5.73. The van der Waals surface area contributed by atoms with Crippen molar-refractivity contribution >= 4 is 17.3 Å². The van der Waals surface area contributed by atoms with Gasteiger partial charge in [-0.05, 0) is 36.5 Å². The van der Waals surface area contributed by atoms with Gasteiger partial charge in [0.2, 0.25) is 0 Å². The van der Waals surface area contributed by atoms with Gasteiger partial charge >= 0.3 is 0 Å². The summed E-state index contributed by atoms with van der Waals surface area (Å²) in [4.78, 5) is 15.2. The van der Waals surface area contributed by atoms with E-state index in [4.69, 9.17) is 0 Å². The number of carbonyl (C=O) groups is 1. The highest BCUT2D eigenvalue weighted by Crippen LogP contribution is 2.49. The van der Waals surface area contributed by atoms with Crippen LogP contribution in [0, 0.1) is 12.3 Å². The molecule has 0 saturated heterocycles. The van der Waals surface area contributed by atoms with Crippen LogP contribution in [0.4, 0.5) is 11.5 Å². The third-order valence-corrected chi connectivity index (χ3v) is 5.50. The molecule has 2 aromatic rings. The average molecular weight is 350 g/mol. The fraction of sp³-hybridized carbons (Fsp3) is 0.429. The first kappa shape index (κ1) is 16.9. The number of anilines is 2. The van der Waals surface area contributed by atoms with Gasteiger partial charge in [0.05, 0.1) is 0 Å². The van der Waals surface area contributed by atoms with Crippen molar-refractivity contribution in [3.05, 3.63) is 52.4 Å². The molecule has 0 saturated carbocycles. The number of aryl methyl sites for hydroxylation is 1. The van der Waals surface area contributed by atoms with E-state index < -0.39 is 0 Å². The molecule has 1 aromatic heterocycles. The summed E-state index contributed by atoms with van der Waals surface area (Å²) in [6.07, 6.45) is 1.46. The monoisotopic (exact) mass is 350 g/mol. The number of rotatable bonds is 2. The van der Waals surface area contributed by atoms with Crippen molar-refractivity contribution in [1.29, 1.82) is 0 Å². The summed E-state index contributed by atoms with van der Waals surface area (Å²) in [5.74, 6) is 1.05. The van der Waals surface area contributed by atoms with Crippen molar-refractivity contribution in [2.45, 2.75) is 39.5 Å². The van der Waals surface area contributed by atoms with Gasteiger partial charge in [-0.25, -0.2) is 0 Å². The number of allylic oxidation sites excluding steroid dienone is 2. The number of aromatic nitrogens is 2. The number of carbonyl (C=O) groups excluding carboxylic acids is 1. The molecule has 2 N–H and O–H groups in total. The van der Waals surface area contributed by atoms with E-state index in [0.717, 1.165) is 46.0 Å². The first-order valence-electron chi connectivity index (χ1n) is 9.12. The van der Waals surface area contributed by atoms with Crippen LogP contribution in [0.1, 0.15) is 49.4 Å². The van der Waals surface area contributed by atoms with Gasteiger partial charge in [0.25, 0.3) is 0 Å². The minimum atomic E-state index is -0.0557. The Morgan fingerprint density at radius 1 is 1.15 bits per heavy atom. The first-order chi connectivity index (χ1) is 12.3. The zero-order valence-corrected chi connectivity index (χ0v) is 16.1. The molecule has 5 nitrogen and oxygen atoms in total. The molecule has 0 unspecified atom stereocenters. The SMILES string of the molecule is Cc1[nH]nc2c1[C@@H](c1ccc(N(C)C)cc1)C1=C(CC(C)(C)CC1=O)N2. The molecule has 5 heteroatoms. The van der Waals surface area contributed by atoms with Crippen LogP contribution in [0.15, 0.2) is 35.5 Å². The molecule has 26 heavy (non-hydrogen) atoms. The number of ketones is 1. The van der Waals surface area contributed by atoms with Crippen LogP contribution in [0.2, 0.25) is 0 Å². The van der Waals surface area contributed by atoms with Crippen molar-refractivity contribution in [1.82, 2.24) is 10.2 Å². The maximum Gasteiger partial charge on any atom is 0.162 e. The van der Waals surface area contributed by atoms with Gasteiger partial charge in [-0.15, -0.1) is 0 Å². The molecular formula is C21H26N4O. The van der Waals surface area contributed by atoms with Crippen LogP contribution in [0.5, 0.6) is 0 Å². The molecule has 136 valence electrons. The lowest BCUT2D eigenvalue weighted by Crippen LogP contribution is -2.33. The number of fused-ring (bicyclic) bond motifs is 1. The maximum absolute atomic E-state index is 13.1. The molecule has 1 atom stereocenters. The number of nitrogens with one attached hydrogen (secondary N) is 2. The van der Waals surface area contributed by atoms with Crippen LogP contribution in [0.25, 0.3) is 0 Å². The van der Waals surface area contributed by atoms with Gasteiger partial charge in [-0.2, -0.15) is 5.10 Å². The maximum atomic E-state index is 13.1. The number of nitrogens with zero attached hydrogens (tertiary/aromatic N) is 2. The standard InChI is InChI=1S/C21H26N4O/c1-12-17-18(13-6-8-14(9-7-13)25(4)5)19-15(22-20(17)24-23-12)10-21(2,3)11-16(19)26/h6-9,18H,10-11H2,1-5H3,(H2,22,23,24)/t18-/m1/s1. The van der Waals surface area contributed by atoms with Gasteiger partial charge in [-0.1, -0.05) is 26.0 Å². The smallest absolute Gasteiger partial charge is 0.162 e. The Morgan fingerprint density at radius 3 is 2.50 bits per heavy atom. The lowest BCUT2D eigenvalue weighted by molar-refractivity contribution is -0.118. The Morgan fingerprint density at radius 2 is 1.85 bits per heavy atom. The fourth-order valence-corrected chi connectivity index (χ4v) is 4.25. The number of hydrogen-bond donors (Lipinski definition) is 2. The van der Waals surface area contributed by atoms with E-state index in [1.165, 1.54) is 0 Å². The summed E-state index contributed by atoms with van der Waals surface area (Å²) in [5, 5.41) is 11.0. The van der Waals surface area contributed by atoms with Gasteiger partial charge < -0.3 is 10.2 Å². The molecule has 0 amide bonds. The molecule has 0 fully saturated rings. The summed E-state index contributed by atoms with van der Waals surface area (Å²) < 4.78 is 0. The van der Waals surface area contributed by atoms with E-state index in [0.29, 0.717) is 6.42 Å². The number of Topliss-reactive ketones (excluding diaryl/α,β-unsaturated/α-hetero) is 1. The molecule has 0 bridgehead atoms. The third-order valence-electron chi connectivity index (χ3n) is 5.50. The lowest BCUT2D eigenvalue weighted by atomic mass is 9.69. The number of aromatic amines is 1. The Kier molecular flexibility index (Phi) is 3.72. The van der Waals surface area contributed by atoms with E-state index in [1.54, 1.807) is 0 Å². The fourth-order valence-electron chi connectivity index (χ4n) is 4.25. The number of benzene rings is 1. The lowest BCUT2D eigenvalue weighted by Gasteiger charge is -2.38. The predicted octanol–water partition coefficient (Wildman–Crippen LogP) is 3.98. The molecular weight excluding hydrogens is 324 g/mol. The second-order valence-electron chi connectivity index (χ2n) is 8.49. The van der Waals surface area contributed by atoms with E-state index in [2.05, 4.69) is 58.5 Å². The third kappa shape index (κ3) is 2.62. The Hall–Kier alpha value is -2.56. The minimum Gasteiger partial charge on any atom is -0.378 e. The highest BCUT2D eigenvalue weighted by molar-refractivity contribution is 6.01. The van der Waals surface area contributed by atoms with E-state index >= 15 is 0 Å². The van der Waals surface area contributed by atoms with Crippen molar-refractivity contribution < 1.29 is 4.79 Å². The van der Waals surface area contributed by atoms with Gasteiger partial charge in [-0.3, -0.25) is 9.89 Å². The molecule has 0 spiro atoms. The van der Waals surface area contributed by atoms with Crippen molar-refractivity contribution in [2.24, 2.45) is 5.41 Å². The van der Waals surface area contributed by atoms with Crippen LogP contribution >= 0.6 is 0 Å². The molecule has 1 aromatic carbocycles. The highest BCUT2D eigenvalue weighted by atomic mass is 16.1. The quantitative estimate of drug-likeness (QED) is 0.860. The Bertz CT molecular complexity index is 903. The van der Waals surface area contributed by atoms with E-state index in [1.807, 2.05) is 21.0 Å². The van der Waals surface area contributed by atoms with Gasteiger partial charge in [0, 0.05) is 54.6 Å². The largest absolute Gasteiger partial charge is 0.378 e. The average Bonchev–Trinajstić information content (AvgIpc) is 2.93. The second-order valence-corrected chi connectivity index (χ2v) is 8.49. The summed E-state index contributed by atoms with van der Waals surface area (Å²) >= 11 is 0. The van der Waals surface area contributed by atoms with Gasteiger partial charge in [0.1, 0.15) is 0 Å². The molecule has 0 radical (unpaired) electrons. The van der Waals surface area contributed by atoms with Gasteiger partial charge in [0.15, 0.2) is 11.6 Å². The van der Waals surface area contributed by atoms with Crippen LogP contribution in [0.3, 0.4) is 0 Å². The summed E-state index contributed by atoms with van der Waals surface area (Å²) in [7, 11) is 4.07. The summed E-state index contributed by atoms with van der Waals surface area (Å²) in [6, 6.07) is 8.51. The van der Waals surface area contributed by atoms with Crippen molar-refractivity contribution in [3.63, 3.8) is 0 Å². The van der Waals surface area contributed by atoms with E-state index in [9.17, 15) is 4.79 Å². The molecule has 2 heterocycles. The summed E-state index contributed by atoms with van der Waals surface area (Å²) in [6.45, 7) is 6.34. The number of hydrogen-bond acceptors (Lipinski definition) is 4.